The second-order valence-electron chi connectivity index (χ2n) is 5.15. The van der Waals surface area contributed by atoms with E-state index in [-0.39, 0.29) is 5.69 Å². The minimum Gasteiger partial charge on any atom is -0.464 e. The second kappa shape index (κ2) is 6.89. The average Bonchev–Trinajstić information content (AvgIpc) is 2.53. The van der Waals surface area contributed by atoms with Gasteiger partial charge < -0.3 is 15.0 Å². The Morgan fingerprint density at radius 1 is 1.23 bits per heavy atom. The Kier molecular flexibility index (Phi) is 4.93. The van der Waals surface area contributed by atoms with Gasteiger partial charge >= 0.3 is 5.97 Å². The van der Waals surface area contributed by atoms with E-state index in [4.69, 9.17) is 0 Å². The topological polar surface area (TPSA) is 67.3 Å². The van der Waals surface area contributed by atoms with Crippen LogP contribution in [-0.2, 0) is 11.3 Å². The predicted octanol–water partition coefficient (Wildman–Crippen LogP) is 2.25. The molecule has 2 rings (SSSR count). The Bertz CT molecular complexity index is 654. The molecule has 0 amide bonds. The molecule has 1 N–H and O–H groups in total. The Morgan fingerprint density at radius 3 is 2.55 bits per heavy atom. The molecule has 0 aliphatic carbocycles. The number of carbonyl (C=O) groups excluding carboxylic acids is 1. The normalized spacial score (nSPS) is 10.2. The summed E-state index contributed by atoms with van der Waals surface area (Å²) in [5.74, 6) is 0.123. The van der Waals surface area contributed by atoms with E-state index in [1.807, 2.05) is 14.1 Å². The smallest absolute Gasteiger partial charge is 0.358 e. The van der Waals surface area contributed by atoms with Gasteiger partial charge in [-0.15, -0.1) is 10.2 Å². The first-order valence-electron chi connectivity index (χ1n) is 6.94. The molecule has 2 aromatic rings. The lowest BCUT2D eigenvalue weighted by Gasteiger charge is -2.15. The van der Waals surface area contributed by atoms with Crippen LogP contribution in [0.25, 0.3) is 0 Å². The SMILES string of the molecule is COC(=O)c1ccc(NCc2ccc(N(C)C)cc2C)nn1. The zero-order valence-electron chi connectivity index (χ0n) is 13.3. The van der Waals surface area contributed by atoms with Gasteiger partial charge in [0, 0.05) is 26.3 Å². The number of nitrogens with zero attached hydrogens (tertiary/aromatic N) is 3. The van der Waals surface area contributed by atoms with Crippen molar-refractivity contribution in [3.63, 3.8) is 0 Å². The first-order valence-corrected chi connectivity index (χ1v) is 6.94. The van der Waals surface area contributed by atoms with Gasteiger partial charge in [-0.2, -0.15) is 0 Å². The van der Waals surface area contributed by atoms with Crippen LogP contribution in [-0.4, -0.2) is 37.4 Å². The summed E-state index contributed by atoms with van der Waals surface area (Å²) in [6.07, 6.45) is 0. The first kappa shape index (κ1) is 15.8. The molecule has 1 aromatic carbocycles. The second-order valence-corrected chi connectivity index (χ2v) is 5.15. The van der Waals surface area contributed by atoms with Gasteiger partial charge in [0.1, 0.15) is 5.82 Å². The number of carbonyl (C=O) groups is 1. The third kappa shape index (κ3) is 3.72. The van der Waals surface area contributed by atoms with Crippen molar-refractivity contribution in [2.24, 2.45) is 0 Å². The Morgan fingerprint density at radius 2 is 2.00 bits per heavy atom. The predicted molar refractivity (Wildman–Crippen MR) is 86.2 cm³/mol. The fourth-order valence-electron chi connectivity index (χ4n) is 1.98. The molecule has 1 heterocycles. The molecule has 0 unspecified atom stereocenters. The molecule has 0 spiro atoms. The van der Waals surface area contributed by atoms with Crippen molar-refractivity contribution in [1.82, 2.24) is 10.2 Å². The maximum absolute atomic E-state index is 11.3. The number of hydrogen-bond acceptors (Lipinski definition) is 6. The third-order valence-electron chi connectivity index (χ3n) is 3.36. The van der Waals surface area contributed by atoms with Crippen LogP contribution >= 0.6 is 0 Å². The summed E-state index contributed by atoms with van der Waals surface area (Å²) in [5, 5.41) is 11.0. The molecule has 0 aliphatic heterocycles. The molecule has 0 bridgehead atoms. The maximum atomic E-state index is 11.3. The zero-order valence-corrected chi connectivity index (χ0v) is 13.3. The van der Waals surface area contributed by atoms with Crippen LogP contribution in [0.5, 0.6) is 0 Å². The summed E-state index contributed by atoms with van der Waals surface area (Å²) < 4.78 is 4.59. The average molecular weight is 300 g/mol. The molecule has 6 heteroatoms. The molecule has 116 valence electrons. The quantitative estimate of drug-likeness (QED) is 0.854. The van der Waals surface area contributed by atoms with Crippen molar-refractivity contribution in [3.8, 4) is 0 Å². The number of hydrogen-bond donors (Lipinski definition) is 1. The highest BCUT2D eigenvalue weighted by Crippen LogP contribution is 2.18. The van der Waals surface area contributed by atoms with E-state index in [0.717, 1.165) is 0 Å². The molecule has 0 saturated heterocycles. The van der Waals surface area contributed by atoms with E-state index < -0.39 is 5.97 Å². The molecule has 1 aromatic heterocycles. The highest BCUT2D eigenvalue weighted by molar-refractivity contribution is 5.86. The van der Waals surface area contributed by atoms with Crippen molar-refractivity contribution in [2.45, 2.75) is 13.5 Å². The Labute approximate surface area is 130 Å². The summed E-state index contributed by atoms with van der Waals surface area (Å²) in [4.78, 5) is 13.4. The minimum absolute atomic E-state index is 0.194. The van der Waals surface area contributed by atoms with Crippen molar-refractivity contribution in [1.29, 1.82) is 0 Å². The fourth-order valence-corrected chi connectivity index (χ4v) is 1.98. The van der Waals surface area contributed by atoms with E-state index in [9.17, 15) is 4.79 Å². The van der Waals surface area contributed by atoms with E-state index in [2.05, 4.69) is 50.3 Å². The third-order valence-corrected chi connectivity index (χ3v) is 3.36. The van der Waals surface area contributed by atoms with Crippen LogP contribution in [0, 0.1) is 6.92 Å². The van der Waals surface area contributed by atoms with Gasteiger partial charge in [0.2, 0.25) is 0 Å². The van der Waals surface area contributed by atoms with E-state index in [1.165, 1.54) is 23.9 Å². The summed E-state index contributed by atoms with van der Waals surface area (Å²) in [7, 11) is 5.35. The van der Waals surface area contributed by atoms with Crippen LogP contribution in [0.4, 0.5) is 11.5 Å². The summed E-state index contributed by atoms with van der Waals surface area (Å²) in [6.45, 7) is 2.72. The number of aryl methyl sites for hydroxylation is 1. The van der Waals surface area contributed by atoms with Gasteiger partial charge in [0.15, 0.2) is 5.69 Å². The van der Waals surface area contributed by atoms with Gasteiger partial charge in [-0.3, -0.25) is 0 Å². The van der Waals surface area contributed by atoms with Gasteiger partial charge in [-0.05, 0) is 42.3 Å². The lowest BCUT2D eigenvalue weighted by atomic mass is 10.1. The van der Waals surface area contributed by atoms with Gasteiger partial charge in [0.25, 0.3) is 0 Å². The highest BCUT2D eigenvalue weighted by Gasteiger charge is 2.08. The number of methoxy groups -OCH3 is 1. The Balaban J connectivity index is 2.02. The van der Waals surface area contributed by atoms with Crippen LogP contribution in [0.1, 0.15) is 21.6 Å². The number of ether oxygens (including phenoxy) is 1. The first-order chi connectivity index (χ1) is 10.5. The molecular formula is C16H20N4O2. The number of nitrogens with one attached hydrogen (secondary N) is 1. The molecule has 0 saturated carbocycles. The largest absolute Gasteiger partial charge is 0.464 e. The number of rotatable bonds is 5. The van der Waals surface area contributed by atoms with Crippen molar-refractivity contribution >= 4 is 17.5 Å². The zero-order chi connectivity index (χ0) is 16.1. The van der Waals surface area contributed by atoms with E-state index in [0.29, 0.717) is 12.4 Å². The Hall–Kier alpha value is -2.63. The lowest BCUT2D eigenvalue weighted by Crippen LogP contribution is -2.10. The molecule has 0 fully saturated rings. The standard InChI is InChI=1S/C16H20N4O2/c1-11-9-13(20(2)3)6-5-12(11)10-17-15-8-7-14(18-19-15)16(21)22-4/h5-9H,10H2,1-4H3,(H,17,19). The van der Waals surface area contributed by atoms with Crippen molar-refractivity contribution < 1.29 is 9.53 Å². The van der Waals surface area contributed by atoms with Gasteiger partial charge in [0.05, 0.1) is 7.11 Å². The molecule has 22 heavy (non-hydrogen) atoms. The summed E-state index contributed by atoms with van der Waals surface area (Å²) >= 11 is 0. The molecule has 0 atom stereocenters. The highest BCUT2D eigenvalue weighted by atomic mass is 16.5. The summed E-state index contributed by atoms with van der Waals surface area (Å²) in [6, 6.07) is 9.61. The minimum atomic E-state index is -0.492. The van der Waals surface area contributed by atoms with E-state index in [1.54, 1.807) is 12.1 Å². The van der Waals surface area contributed by atoms with Gasteiger partial charge in [-0.25, -0.2) is 4.79 Å². The van der Waals surface area contributed by atoms with Crippen LogP contribution in [0.3, 0.4) is 0 Å². The van der Waals surface area contributed by atoms with E-state index >= 15 is 0 Å². The van der Waals surface area contributed by atoms with Crippen LogP contribution < -0.4 is 10.2 Å². The molecular weight excluding hydrogens is 280 g/mol. The molecule has 6 nitrogen and oxygen atoms in total. The van der Waals surface area contributed by atoms with Crippen molar-refractivity contribution in [3.05, 3.63) is 47.2 Å². The van der Waals surface area contributed by atoms with Crippen LogP contribution in [0.15, 0.2) is 30.3 Å². The number of aromatic nitrogens is 2. The maximum Gasteiger partial charge on any atom is 0.358 e. The number of anilines is 2. The van der Waals surface area contributed by atoms with Crippen molar-refractivity contribution in [2.75, 3.05) is 31.4 Å². The fraction of sp³-hybridized carbons (Fsp3) is 0.312. The molecule has 0 aliphatic rings. The monoisotopic (exact) mass is 300 g/mol. The van der Waals surface area contributed by atoms with Crippen LogP contribution in [0.2, 0.25) is 0 Å². The molecule has 0 radical (unpaired) electrons. The lowest BCUT2D eigenvalue weighted by molar-refractivity contribution is 0.0593. The summed E-state index contributed by atoms with van der Waals surface area (Å²) in [5.41, 5.74) is 3.75. The number of benzene rings is 1. The van der Waals surface area contributed by atoms with Gasteiger partial charge in [-0.1, -0.05) is 6.07 Å². The number of esters is 1.